The van der Waals surface area contributed by atoms with Crippen LogP contribution in [0.1, 0.15) is 38.1 Å². The molecule has 1 saturated heterocycles. The molecule has 3 aliphatic heterocycles. The first-order chi connectivity index (χ1) is 20.9. The van der Waals surface area contributed by atoms with Crippen LogP contribution >= 0.6 is 23.3 Å². The summed E-state index contributed by atoms with van der Waals surface area (Å²) in [6.07, 6.45) is 4.46. The van der Waals surface area contributed by atoms with Crippen LogP contribution in [0.3, 0.4) is 0 Å². The van der Waals surface area contributed by atoms with Gasteiger partial charge in [-0.1, -0.05) is 5.16 Å². The number of carboxylic acid groups (broad SMARTS) is 2. The van der Waals surface area contributed by atoms with Crippen LogP contribution in [-0.4, -0.2) is 89.4 Å². The minimum atomic E-state index is -1.79. The first-order valence-corrected chi connectivity index (χ1v) is 15.6. The van der Waals surface area contributed by atoms with Crippen molar-refractivity contribution in [2.75, 3.05) is 29.9 Å². The van der Waals surface area contributed by atoms with Crippen LogP contribution in [0.4, 0.5) is 10.9 Å². The van der Waals surface area contributed by atoms with Gasteiger partial charge in [0, 0.05) is 29.4 Å². The largest absolute Gasteiger partial charge is 0.543 e. The number of carbonyl (C=O) groups is 4. The number of aliphatic carboxylic acids is 2. The number of carboxylic acids is 2. The van der Waals surface area contributed by atoms with Crippen molar-refractivity contribution in [3.63, 3.8) is 0 Å². The molecule has 0 aromatic carbocycles. The lowest BCUT2D eigenvalue weighted by atomic mass is 10.0. The zero-order valence-corrected chi connectivity index (χ0v) is 25.6. The predicted octanol–water partition coefficient (Wildman–Crippen LogP) is -2.40. The maximum atomic E-state index is 13.3. The highest BCUT2D eigenvalue weighted by molar-refractivity contribution is 8.00. The van der Waals surface area contributed by atoms with Crippen molar-refractivity contribution >= 4 is 63.7 Å². The third-order valence-electron chi connectivity index (χ3n) is 7.30. The average molecular weight is 649 g/mol. The van der Waals surface area contributed by atoms with Gasteiger partial charge in [0.25, 0.3) is 11.8 Å². The van der Waals surface area contributed by atoms with Crippen LogP contribution in [0.2, 0.25) is 0 Å². The topological polar surface area (TPSA) is 247 Å². The van der Waals surface area contributed by atoms with Gasteiger partial charge in [-0.25, -0.2) is 4.79 Å². The smallest absolute Gasteiger partial charge is 0.350 e. The number of nitrogen functional groups attached to an aromatic ring is 1. The van der Waals surface area contributed by atoms with E-state index in [4.69, 9.17) is 16.3 Å². The SMILES string of the molecule is CC(C)(O/N=C(\C(=O)N[C@@H]1C(=O)N2C(C(=O)[O-])=C(C[n+]3cc(CCCN)c4n3CCCN4)CS[C@H]12)c1nsc(N)n1)C(=O)O. The van der Waals surface area contributed by atoms with E-state index in [9.17, 15) is 29.4 Å². The molecule has 19 heteroatoms. The Labute approximate surface area is 259 Å². The Kier molecular flexibility index (Phi) is 8.80. The third kappa shape index (κ3) is 5.93. The molecule has 3 aliphatic rings. The molecule has 7 N–H and O–H groups in total. The third-order valence-corrected chi connectivity index (χ3v) is 9.18. The number of hydrogen-bond acceptors (Lipinski definition) is 14. The van der Waals surface area contributed by atoms with E-state index in [-0.39, 0.29) is 29.0 Å². The summed E-state index contributed by atoms with van der Waals surface area (Å²) in [7, 11) is 0. The summed E-state index contributed by atoms with van der Waals surface area (Å²) >= 11 is 2.07. The van der Waals surface area contributed by atoms with Gasteiger partial charge >= 0.3 is 5.97 Å². The number of fused-ring (bicyclic) bond motifs is 2. The molecule has 2 atom stereocenters. The summed E-state index contributed by atoms with van der Waals surface area (Å²) in [4.78, 5) is 60.5. The minimum absolute atomic E-state index is 0.0207. The summed E-state index contributed by atoms with van der Waals surface area (Å²) in [6, 6.07) is -1.11. The number of β-lactam (4-membered cyclic amide) rings is 1. The molecule has 2 aromatic rings. The summed E-state index contributed by atoms with van der Waals surface area (Å²) in [6.45, 7) is 4.82. The van der Waals surface area contributed by atoms with Gasteiger partial charge < -0.3 is 41.9 Å². The number of oxime groups is 1. The number of aryl methyl sites for hydroxylation is 1. The lowest BCUT2D eigenvalue weighted by Gasteiger charge is -2.50. The molecule has 0 radical (unpaired) electrons. The van der Waals surface area contributed by atoms with Gasteiger partial charge in [0.1, 0.15) is 11.4 Å². The number of thioether (sulfide) groups is 1. The quantitative estimate of drug-likeness (QED) is 0.0698. The van der Waals surface area contributed by atoms with Crippen LogP contribution in [0.5, 0.6) is 0 Å². The Hall–Kier alpha value is -4.23. The highest BCUT2D eigenvalue weighted by Gasteiger charge is 2.53. The fraction of sp³-hybridized carbons (Fsp3) is 0.520. The molecule has 2 amide bonds. The fourth-order valence-electron chi connectivity index (χ4n) is 5.00. The molecular weight excluding hydrogens is 616 g/mol. The molecule has 0 bridgehead atoms. The number of amides is 2. The van der Waals surface area contributed by atoms with Crippen LogP contribution in [0.15, 0.2) is 22.6 Å². The number of nitrogens with two attached hydrogens (primary N) is 2. The summed E-state index contributed by atoms with van der Waals surface area (Å²) in [5.41, 5.74) is 10.4. The number of nitrogens with one attached hydrogen (secondary N) is 2. The summed E-state index contributed by atoms with van der Waals surface area (Å²) in [5.74, 6) is -3.40. The van der Waals surface area contributed by atoms with Gasteiger partial charge in [-0.05, 0) is 39.7 Å². The minimum Gasteiger partial charge on any atom is -0.543 e. The van der Waals surface area contributed by atoms with Crippen LogP contribution in [0, 0.1) is 0 Å². The van der Waals surface area contributed by atoms with Crippen molar-refractivity contribution in [1.82, 2.24) is 24.3 Å². The molecule has 5 rings (SSSR count). The van der Waals surface area contributed by atoms with E-state index < -0.39 is 46.5 Å². The molecular formula is C25H32N10O7S2. The number of nitrogens with zero attached hydrogens (tertiary/aromatic N) is 6. The van der Waals surface area contributed by atoms with Gasteiger partial charge in [0.05, 0.1) is 23.8 Å². The summed E-state index contributed by atoms with van der Waals surface area (Å²) < 4.78 is 7.96. The maximum absolute atomic E-state index is 13.3. The predicted molar refractivity (Wildman–Crippen MR) is 156 cm³/mol. The number of carbonyl (C=O) groups excluding carboxylic acids is 3. The average Bonchev–Trinajstić information content (AvgIpc) is 3.57. The lowest BCUT2D eigenvalue weighted by Crippen LogP contribution is -2.71. The Morgan fingerprint density at radius 1 is 1.39 bits per heavy atom. The van der Waals surface area contributed by atoms with E-state index in [0.29, 0.717) is 12.1 Å². The van der Waals surface area contributed by atoms with E-state index in [2.05, 4.69) is 29.8 Å². The number of hydrogen-bond donors (Lipinski definition) is 5. The standard InChI is InChI=1S/C25H32N10O7S2/c1-25(2,23(40)41)42-31-14(17-30-24(27)44-32-17)19(36)29-15-20(37)35-16(22(38)39)13(11-43-21(15)35)10-33-9-12(5-3-6-26)18-28-7-4-8-34(18)33/h9,15,21H,3-8,10-11,26H2,1-2H3,(H5,27,29,30,32,36,38,39,40,41)/b31-14-/t15-,21-/m1/s1. The van der Waals surface area contributed by atoms with E-state index >= 15 is 0 Å². The van der Waals surface area contributed by atoms with E-state index in [1.165, 1.54) is 25.6 Å². The number of anilines is 2. The summed E-state index contributed by atoms with van der Waals surface area (Å²) in [5, 5.41) is 30.6. The zero-order chi connectivity index (χ0) is 31.8. The first-order valence-electron chi connectivity index (χ1n) is 13.8. The molecule has 236 valence electrons. The Bertz CT molecular complexity index is 1570. The maximum Gasteiger partial charge on any atom is 0.350 e. The zero-order valence-electron chi connectivity index (χ0n) is 23.9. The van der Waals surface area contributed by atoms with Crippen LogP contribution < -0.4 is 31.9 Å². The molecule has 17 nitrogen and oxygen atoms in total. The second-order valence-corrected chi connectivity index (χ2v) is 12.7. The highest BCUT2D eigenvalue weighted by atomic mass is 32.2. The molecule has 0 saturated carbocycles. The van der Waals surface area contributed by atoms with E-state index in [1.807, 2.05) is 10.9 Å². The molecule has 0 aliphatic carbocycles. The van der Waals surface area contributed by atoms with Crippen molar-refractivity contribution in [2.45, 2.75) is 63.2 Å². The Balaban J connectivity index is 1.37. The van der Waals surface area contributed by atoms with Crippen molar-refractivity contribution in [2.24, 2.45) is 10.9 Å². The first kappa shape index (κ1) is 31.2. The van der Waals surface area contributed by atoms with Gasteiger partial charge in [-0.2, -0.15) is 9.36 Å². The molecule has 0 unspecified atom stereocenters. The van der Waals surface area contributed by atoms with Crippen molar-refractivity contribution in [3.8, 4) is 0 Å². The van der Waals surface area contributed by atoms with E-state index in [1.54, 1.807) is 0 Å². The molecule has 1 fully saturated rings. The second-order valence-electron chi connectivity index (χ2n) is 10.8. The Morgan fingerprint density at radius 2 is 2.16 bits per heavy atom. The van der Waals surface area contributed by atoms with Crippen molar-refractivity contribution < 1.29 is 38.9 Å². The van der Waals surface area contributed by atoms with Gasteiger partial charge in [-0.15, -0.1) is 21.1 Å². The fourth-order valence-corrected chi connectivity index (χ4v) is 6.77. The van der Waals surface area contributed by atoms with E-state index in [0.717, 1.165) is 60.2 Å². The van der Waals surface area contributed by atoms with Gasteiger partial charge in [-0.3, -0.25) is 14.5 Å². The molecule has 5 heterocycles. The van der Waals surface area contributed by atoms with Crippen molar-refractivity contribution in [3.05, 3.63) is 28.9 Å². The van der Waals surface area contributed by atoms with Crippen LogP contribution in [-0.2, 0) is 43.5 Å². The normalized spacial score (nSPS) is 19.9. The number of aromatic nitrogens is 4. The monoisotopic (exact) mass is 648 g/mol. The number of rotatable bonds is 12. The van der Waals surface area contributed by atoms with Gasteiger partial charge in [0.15, 0.2) is 17.5 Å². The highest BCUT2D eigenvalue weighted by Crippen LogP contribution is 2.40. The molecule has 0 spiro atoms. The molecule has 2 aromatic heterocycles. The lowest BCUT2D eigenvalue weighted by molar-refractivity contribution is -0.768. The molecule has 44 heavy (non-hydrogen) atoms. The van der Waals surface area contributed by atoms with Crippen molar-refractivity contribution in [1.29, 1.82) is 0 Å². The Morgan fingerprint density at radius 3 is 2.82 bits per heavy atom. The van der Waals surface area contributed by atoms with Crippen LogP contribution in [0.25, 0.3) is 0 Å². The second kappa shape index (κ2) is 12.4. The van der Waals surface area contributed by atoms with Gasteiger partial charge in [0.2, 0.25) is 23.3 Å².